The highest BCUT2D eigenvalue weighted by atomic mass is 32.2. The van der Waals surface area contributed by atoms with Crippen molar-refractivity contribution >= 4 is 44.2 Å². The third-order valence-corrected chi connectivity index (χ3v) is 5.62. The minimum atomic E-state index is -3.55. The first-order chi connectivity index (χ1) is 12.3. The van der Waals surface area contributed by atoms with Gasteiger partial charge in [-0.05, 0) is 23.8 Å². The van der Waals surface area contributed by atoms with Crippen LogP contribution in [0.15, 0.2) is 35.0 Å². The Morgan fingerprint density at radius 1 is 1.35 bits per heavy atom. The highest BCUT2D eigenvalue weighted by Crippen LogP contribution is 2.18. The molecule has 0 atom stereocenters. The van der Waals surface area contributed by atoms with E-state index in [2.05, 4.69) is 14.7 Å². The van der Waals surface area contributed by atoms with Crippen LogP contribution in [-0.2, 0) is 14.6 Å². The molecule has 0 saturated heterocycles. The minimum absolute atomic E-state index is 0.0196. The molecule has 0 bridgehead atoms. The van der Waals surface area contributed by atoms with Gasteiger partial charge in [0.1, 0.15) is 11.6 Å². The van der Waals surface area contributed by atoms with Crippen molar-refractivity contribution in [2.24, 2.45) is 0 Å². The molecule has 0 spiro atoms. The molecule has 1 heterocycles. The summed E-state index contributed by atoms with van der Waals surface area (Å²) in [6.45, 7) is 1.48. The maximum absolute atomic E-state index is 12.2. The van der Waals surface area contributed by atoms with Crippen LogP contribution in [0.2, 0.25) is 0 Å². The van der Waals surface area contributed by atoms with Gasteiger partial charge in [-0.3, -0.25) is 10.1 Å². The van der Waals surface area contributed by atoms with Gasteiger partial charge in [-0.1, -0.05) is 19.1 Å². The van der Waals surface area contributed by atoms with Crippen LogP contribution in [-0.4, -0.2) is 43.5 Å². The summed E-state index contributed by atoms with van der Waals surface area (Å²) in [5.41, 5.74) is 1.55. The number of benzene rings is 1. The highest BCUT2D eigenvalue weighted by molar-refractivity contribution is 7.91. The van der Waals surface area contributed by atoms with Crippen molar-refractivity contribution in [2.75, 3.05) is 30.1 Å². The molecule has 2 aromatic rings. The van der Waals surface area contributed by atoms with Crippen molar-refractivity contribution in [1.82, 2.24) is 9.36 Å². The lowest BCUT2D eigenvalue weighted by atomic mass is 10.1. The number of aromatic nitrogens is 2. The van der Waals surface area contributed by atoms with Crippen LogP contribution in [0.5, 0.6) is 0 Å². The van der Waals surface area contributed by atoms with Gasteiger partial charge in [0.25, 0.3) is 11.1 Å². The molecule has 0 aliphatic heterocycles. The molecular formula is C16H17N5O3S2. The van der Waals surface area contributed by atoms with Gasteiger partial charge in [-0.2, -0.15) is 14.6 Å². The summed E-state index contributed by atoms with van der Waals surface area (Å²) in [6.07, 6.45) is 1.44. The third kappa shape index (κ3) is 4.65. The van der Waals surface area contributed by atoms with Crippen LogP contribution in [0, 0.1) is 11.3 Å². The average molecular weight is 391 g/mol. The second-order valence-corrected chi connectivity index (χ2v) is 8.32. The van der Waals surface area contributed by atoms with E-state index in [9.17, 15) is 18.5 Å². The zero-order valence-electron chi connectivity index (χ0n) is 14.4. The van der Waals surface area contributed by atoms with E-state index in [1.165, 1.54) is 13.0 Å². The Balaban J connectivity index is 2.17. The van der Waals surface area contributed by atoms with E-state index in [4.69, 9.17) is 0 Å². The molecule has 26 heavy (non-hydrogen) atoms. The molecule has 0 radical (unpaired) electrons. The van der Waals surface area contributed by atoms with Crippen molar-refractivity contribution in [3.8, 4) is 6.07 Å². The Labute approximate surface area is 155 Å². The summed E-state index contributed by atoms with van der Waals surface area (Å²) in [4.78, 5) is 18.0. The number of amides is 1. The van der Waals surface area contributed by atoms with Crippen molar-refractivity contribution in [1.29, 1.82) is 5.26 Å². The molecule has 0 aliphatic carbocycles. The van der Waals surface area contributed by atoms with Gasteiger partial charge < -0.3 is 4.90 Å². The van der Waals surface area contributed by atoms with Crippen molar-refractivity contribution in [3.05, 3.63) is 35.4 Å². The largest absolute Gasteiger partial charge is 0.378 e. The molecule has 2 rings (SSSR count). The Kier molecular flexibility index (Phi) is 6.07. The highest BCUT2D eigenvalue weighted by Gasteiger charge is 2.19. The third-order valence-electron chi connectivity index (χ3n) is 3.37. The fraction of sp³-hybridized carbons (Fsp3) is 0.250. The molecule has 0 aliphatic rings. The molecule has 1 amide bonds. The van der Waals surface area contributed by atoms with Crippen LogP contribution in [0.3, 0.4) is 0 Å². The number of carbonyl (C=O) groups excluding carboxylic acids is 1. The lowest BCUT2D eigenvalue weighted by molar-refractivity contribution is -0.112. The molecule has 136 valence electrons. The van der Waals surface area contributed by atoms with E-state index in [0.717, 1.165) is 17.2 Å². The number of rotatable bonds is 6. The summed E-state index contributed by atoms with van der Waals surface area (Å²) in [5, 5.41) is 11.3. The van der Waals surface area contributed by atoms with E-state index in [1.54, 1.807) is 12.1 Å². The van der Waals surface area contributed by atoms with E-state index in [-0.39, 0.29) is 21.6 Å². The molecule has 10 heteroatoms. The summed E-state index contributed by atoms with van der Waals surface area (Å²) >= 11 is 0.745. The Morgan fingerprint density at radius 2 is 2.00 bits per heavy atom. The molecule has 1 N–H and O–H groups in total. The molecule has 1 aromatic heterocycles. The van der Waals surface area contributed by atoms with E-state index < -0.39 is 15.7 Å². The van der Waals surface area contributed by atoms with Gasteiger partial charge in [0, 0.05) is 31.3 Å². The monoisotopic (exact) mass is 391 g/mol. The van der Waals surface area contributed by atoms with Crippen molar-refractivity contribution < 1.29 is 13.2 Å². The zero-order valence-corrected chi connectivity index (χ0v) is 16.1. The van der Waals surface area contributed by atoms with E-state index in [1.807, 2.05) is 37.2 Å². The summed E-state index contributed by atoms with van der Waals surface area (Å²) in [6, 6.07) is 9.14. The fourth-order valence-electron chi connectivity index (χ4n) is 1.86. The van der Waals surface area contributed by atoms with Crippen LogP contribution >= 0.6 is 11.5 Å². The van der Waals surface area contributed by atoms with Crippen LogP contribution in [0.1, 0.15) is 12.5 Å². The number of sulfone groups is 1. The standard InChI is InChI=1S/C16H17N5O3S2/c1-4-26(23,24)16-19-15(25-20-16)18-14(22)12(10-17)9-11-5-7-13(8-6-11)21(2)3/h5-9H,4H2,1-3H3,(H,18,19,20,22)/b12-9-. The number of hydrogen-bond donors (Lipinski definition) is 1. The smallest absolute Gasteiger partial charge is 0.268 e. The Hall–Kier alpha value is -2.77. The molecule has 0 unspecified atom stereocenters. The first kappa shape index (κ1) is 19.6. The molecule has 0 fully saturated rings. The first-order valence-corrected chi connectivity index (χ1v) is 9.96. The minimum Gasteiger partial charge on any atom is -0.378 e. The lowest BCUT2D eigenvalue weighted by Gasteiger charge is -2.11. The molecule has 8 nitrogen and oxygen atoms in total. The average Bonchev–Trinajstić information content (AvgIpc) is 3.09. The number of hydrogen-bond acceptors (Lipinski definition) is 8. The second-order valence-electron chi connectivity index (χ2n) is 5.40. The van der Waals surface area contributed by atoms with Crippen molar-refractivity contribution in [3.63, 3.8) is 0 Å². The normalized spacial score (nSPS) is 11.7. The van der Waals surface area contributed by atoms with Crippen molar-refractivity contribution in [2.45, 2.75) is 12.1 Å². The second kappa shape index (κ2) is 8.07. The van der Waals surface area contributed by atoms with Crippen LogP contribution in [0.4, 0.5) is 10.8 Å². The summed E-state index contributed by atoms with van der Waals surface area (Å²) in [5.74, 6) is -0.815. The SMILES string of the molecule is CCS(=O)(=O)c1nsc(NC(=O)/C(C#N)=C\c2ccc(N(C)C)cc2)n1. The molecule has 1 aromatic carbocycles. The lowest BCUT2D eigenvalue weighted by Crippen LogP contribution is -2.14. The summed E-state index contributed by atoms with van der Waals surface area (Å²) in [7, 11) is 0.276. The number of nitriles is 1. The van der Waals surface area contributed by atoms with Gasteiger partial charge >= 0.3 is 0 Å². The number of anilines is 2. The van der Waals surface area contributed by atoms with Gasteiger partial charge in [-0.15, -0.1) is 0 Å². The van der Waals surface area contributed by atoms with Gasteiger partial charge in [0.2, 0.25) is 15.0 Å². The Bertz CT molecular complexity index is 970. The topological polar surface area (TPSA) is 116 Å². The Morgan fingerprint density at radius 3 is 2.54 bits per heavy atom. The number of nitrogens with zero attached hydrogens (tertiary/aromatic N) is 4. The maximum Gasteiger partial charge on any atom is 0.268 e. The van der Waals surface area contributed by atoms with Gasteiger partial charge in [0.05, 0.1) is 5.75 Å². The number of nitrogens with one attached hydrogen (secondary N) is 1. The first-order valence-electron chi connectivity index (χ1n) is 7.54. The molecular weight excluding hydrogens is 374 g/mol. The van der Waals surface area contributed by atoms with Gasteiger partial charge in [0.15, 0.2) is 0 Å². The maximum atomic E-state index is 12.2. The quantitative estimate of drug-likeness (QED) is 0.591. The van der Waals surface area contributed by atoms with E-state index in [0.29, 0.717) is 5.56 Å². The van der Waals surface area contributed by atoms with Gasteiger partial charge in [-0.25, -0.2) is 8.42 Å². The predicted octanol–water partition coefficient (Wildman–Crippen LogP) is 1.94. The van der Waals surface area contributed by atoms with E-state index >= 15 is 0 Å². The summed E-state index contributed by atoms with van der Waals surface area (Å²) < 4.78 is 27.1. The number of carbonyl (C=O) groups is 1. The van der Waals surface area contributed by atoms with Crippen LogP contribution < -0.4 is 10.2 Å². The van der Waals surface area contributed by atoms with Crippen LogP contribution in [0.25, 0.3) is 6.08 Å². The molecule has 0 saturated carbocycles. The fourth-order valence-corrected chi connectivity index (χ4v) is 3.45. The zero-order chi connectivity index (χ0) is 19.3. The predicted molar refractivity (Wildman–Crippen MR) is 101 cm³/mol.